The minimum absolute atomic E-state index is 0.192. The van der Waals surface area contributed by atoms with Crippen LogP contribution in [0.4, 0.5) is 0 Å². The van der Waals surface area contributed by atoms with Crippen LogP contribution in [-0.4, -0.2) is 29.6 Å². The molecule has 1 aliphatic heterocycles. The summed E-state index contributed by atoms with van der Waals surface area (Å²) in [7, 11) is 0. The molecule has 2 rings (SSSR count). The predicted octanol–water partition coefficient (Wildman–Crippen LogP) is 0.620. The van der Waals surface area contributed by atoms with E-state index in [1.165, 1.54) is 0 Å². The first-order chi connectivity index (χ1) is 8.00. The molecule has 0 saturated carbocycles. The zero-order valence-electron chi connectivity index (χ0n) is 10.1. The van der Waals surface area contributed by atoms with Gasteiger partial charge in [-0.25, -0.2) is 4.98 Å². The fourth-order valence-electron chi connectivity index (χ4n) is 2.03. The number of nitrogens with two attached hydrogens (primary N) is 1. The molecule has 1 atom stereocenters. The Balaban J connectivity index is 2.17. The van der Waals surface area contributed by atoms with Gasteiger partial charge in [0.05, 0.1) is 6.20 Å². The molecule has 1 amide bonds. The number of nitrogens with one attached hydrogen (secondary N) is 1. The molecule has 0 spiro atoms. The van der Waals surface area contributed by atoms with Crippen LogP contribution in [-0.2, 0) is 0 Å². The van der Waals surface area contributed by atoms with E-state index in [2.05, 4.69) is 17.2 Å². The molecule has 0 aromatic carbocycles. The maximum atomic E-state index is 11.0. The minimum atomic E-state index is -0.511. The first kappa shape index (κ1) is 11.9. The Morgan fingerprint density at radius 1 is 1.65 bits per heavy atom. The SMILES string of the molecule is Cc1cc(O[C@]2(C)CCNC2)cnc1C(N)=O. The van der Waals surface area contributed by atoms with Gasteiger partial charge < -0.3 is 15.8 Å². The normalized spacial score (nSPS) is 23.6. The highest BCUT2D eigenvalue weighted by molar-refractivity contribution is 5.92. The largest absolute Gasteiger partial charge is 0.485 e. The van der Waals surface area contributed by atoms with Crippen molar-refractivity contribution in [2.45, 2.75) is 25.9 Å². The van der Waals surface area contributed by atoms with E-state index < -0.39 is 5.91 Å². The second kappa shape index (κ2) is 4.33. The Labute approximate surface area is 100 Å². The number of rotatable bonds is 3. The molecule has 2 heterocycles. The zero-order valence-corrected chi connectivity index (χ0v) is 10.1. The predicted molar refractivity (Wildman–Crippen MR) is 64.0 cm³/mol. The smallest absolute Gasteiger partial charge is 0.267 e. The fraction of sp³-hybridized carbons (Fsp3) is 0.500. The van der Waals surface area contributed by atoms with Crippen LogP contribution in [0.25, 0.3) is 0 Å². The average molecular weight is 235 g/mol. The maximum Gasteiger partial charge on any atom is 0.267 e. The maximum absolute atomic E-state index is 11.0. The lowest BCUT2D eigenvalue weighted by atomic mass is 10.1. The Hall–Kier alpha value is -1.62. The summed E-state index contributed by atoms with van der Waals surface area (Å²) < 4.78 is 5.90. The van der Waals surface area contributed by atoms with Crippen molar-refractivity contribution in [3.05, 3.63) is 23.5 Å². The van der Waals surface area contributed by atoms with Crippen molar-refractivity contribution in [3.8, 4) is 5.75 Å². The van der Waals surface area contributed by atoms with Crippen molar-refractivity contribution >= 4 is 5.91 Å². The molecule has 92 valence electrons. The van der Waals surface area contributed by atoms with E-state index in [0.717, 1.165) is 25.1 Å². The Morgan fingerprint density at radius 2 is 2.41 bits per heavy atom. The molecule has 5 nitrogen and oxygen atoms in total. The first-order valence-corrected chi connectivity index (χ1v) is 5.66. The summed E-state index contributed by atoms with van der Waals surface area (Å²) >= 11 is 0. The molecule has 1 saturated heterocycles. The zero-order chi connectivity index (χ0) is 12.5. The number of pyridine rings is 1. The average Bonchev–Trinajstić information content (AvgIpc) is 2.64. The van der Waals surface area contributed by atoms with Crippen molar-refractivity contribution in [3.63, 3.8) is 0 Å². The summed E-state index contributed by atoms with van der Waals surface area (Å²) in [5, 5.41) is 3.26. The summed E-state index contributed by atoms with van der Waals surface area (Å²) in [4.78, 5) is 15.1. The van der Waals surface area contributed by atoms with Crippen LogP contribution in [0.3, 0.4) is 0 Å². The number of ether oxygens (including phenoxy) is 1. The number of carbonyl (C=O) groups is 1. The highest BCUT2D eigenvalue weighted by atomic mass is 16.5. The summed E-state index contributed by atoms with van der Waals surface area (Å²) in [6, 6.07) is 1.80. The molecule has 0 unspecified atom stereocenters. The van der Waals surface area contributed by atoms with Crippen LogP contribution in [0.15, 0.2) is 12.3 Å². The molecule has 3 N–H and O–H groups in total. The Bertz CT molecular complexity index is 439. The molecule has 17 heavy (non-hydrogen) atoms. The highest BCUT2D eigenvalue weighted by Crippen LogP contribution is 2.24. The number of aromatic nitrogens is 1. The van der Waals surface area contributed by atoms with E-state index in [4.69, 9.17) is 10.5 Å². The van der Waals surface area contributed by atoms with Crippen LogP contribution < -0.4 is 15.8 Å². The standard InChI is InChI=1S/C12H17N3O2/c1-8-5-9(6-15-10(8)11(13)16)17-12(2)3-4-14-7-12/h5-6,14H,3-4,7H2,1-2H3,(H2,13,16)/t12-/m1/s1. The van der Waals surface area contributed by atoms with Crippen LogP contribution in [0.2, 0.25) is 0 Å². The molecule has 0 aliphatic carbocycles. The molecular formula is C12H17N3O2. The van der Waals surface area contributed by atoms with Gasteiger partial charge in [0.25, 0.3) is 5.91 Å². The molecule has 1 aromatic rings. The quantitative estimate of drug-likeness (QED) is 0.805. The summed E-state index contributed by atoms with van der Waals surface area (Å²) in [5.74, 6) is 0.168. The third-order valence-corrected chi connectivity index (χ3v) is 2.98. The van der Waals surface area contributed by atoms with Crippen LogP contribution >= 0.6 is 0 Å². The van der Waals surface area contributed by atoms with E-state index in [1.54, 1.807) is 19.2 Å². The van der Waals surface area contributed by atoms with Gasteiger partial charge in [0.1, 0.15) is 17.0 Å². The number of nitrogens with zero attached hydrogens (tertiary/aromatic N) is 1. The van der Waals surface area contributed by atoms with Gasteiger partial charge in [-0.1, -0.05) is 0 Å². The molecular weight excluding hydrogens is 218 g/mol. The van der Waals surface area contributed by atoms with Gasteiger partial charge in [0.15, 0.2) is 0 Å². The lowest BCUT2D eigenvalue weighted by molar-refractivity contribution is 0.0993. The van der Waals surface area contributed by atoms with Crippen LogP contribution in [0.1, 0.15) is 29.4 Å². The Morgan fingerprint density at radius 3 is 2.94 bits per heavy atom. The monoisotopic (exact) mass is 235 g/mol. The van der Waals surface area contributed by atoms with Gasteiger partial charge in [0.2, 0.25) is 0 Å². The molecule has 1 aromatic heterocycles. The third-order valence-electron chi connectivity index (χ3n) is 2.98. The minimum Gasteiger partial charge on any atom is -0.485 e. The van der Waals surface area contributed by atoms with Crippen molar-refractivity contribution in [1.82, 2.24) is 10.3 Å². The molecule has 1 aliphatic rings. The second-order valence-electron chi connectivity index (χ2n) is 4.68. The molecule has 5 heteroatoms. The number of hydrogen-bond donors (Lipinski definition) is 2. The fourth-order valence-corrected chi connectivity index (χ4v) is 2.03. The van der Waals surface area contributed by atoms with E-state index >= 15 is 0 Å². The van der Waals surface area contributed by atoms with Crippen molar-refractivity contribution < 1.29 is 9.53 Å². The van der Waals surface area contributed by atoms with E-state index in [9.17, 15) is 4.79 Å². The van der Waals surface area contributed by atoms with Crippen LogP contribution in [0.5, 0.6) is 5.75 Å². The van der Waals surface area contributed by atoms with Crippen molar-refractivity contribution in [2.75, 3.05) is 13.1 Å². The van der Waals surface area contributed by atoms with Gasteiger partial charge in [-0.05, 0) is 32.0 Å². The van der Waals surface area contributed by atoms with E-state index in [-0.39, 0.29) is 5.60 Å². The van der Waals surface area contributed by atoms with E-state index in [1.807, 2.05) is 0 Å². The van der Waals surface area contributed by atoms with Gasteiger partial charge in [-0.3, -0.25) is 4.79 Å². The molecule has 1 fully saturated rings. The number of amides is 1. The van der Waals surface area contributed by atoms with Gasteiger partial charge in [0, 0.05) is 13.0 Å². The van der Waals surface area contributed by atoms with E-state index in [0.29, 0.717) is 11.4 Å². The summed E-state index contributed by atoms with van der Waals surface area (Å²) in [6.07, 6.45) is 2.51. The van der Waals surface area contributed by atoms with Crippen molar-refractivity contribution in [1.29, 1.82) is 0 Å². The first-order valence-electron chi connectivity index (χ1n) is 5.66. The number of carbonyl (C=O) groups excluding carboxylic acids is 1. The lowest BCUT2D eigenvalue weighted by Gasteiger charge is -2.24. The van der Waals surface area contributed by atoms with Gasteiger partial charge in [-0.2, -0.15) is 0 Å². The third kappa shape index (κ3) is 2.55. The Kier molecular flexibility index (Phi) is 3.02. The van der Waals surface area contributed by atoms with Crippen molar-refractivity contribution in [2.24, 2.45) is 5.73 Å². The number of primary amides is 1. The molecule has 0 radical (unpaired) electrons. The number of hydrogen-bond acceptors (Lipinski definition) is 4. The summed E-state index contributed by atoms with van der Waals surface area (Å²) in [5.41, 5.74) is 6.05. The summed E-state index contributed by atoms with van der Waals surface area (Å²) in [6.45, 7) is 5.64. The topological polar surface area (TPSA) is 77.2 Å². The van der Waals surface area contributed by atoms with Gasteiger partial charge >= 0.3 is 0 Å². The van der Waals surface area contributed by atoms with Crippen LogP contribution in [0, 0.1) is 6.92 Å². The lowest BCUT2D eigenvalue weighted by Crippen LogP contribution is -2.34. The highest BCUT2D eigenvalue weighted by Gasteiger charge is 2.30. The molecule has 0 bridgehead atoms. The van der Waals surface area contributed by atoms with Gasteiger partial charge in [-0.15, -0.1) is 0 Å². The number of aryl methyl sites for hydroxylation is 1. The second-order valence-corrected chi connectivity index (χ2v) is 4.68.